The number of carbonyl (C=O) groups is 1. The van der Waals surface area contributed by atoms with E-state index in [2.05, 4.69) is 5.16 Å². The van der Waals surface area contributed by atoms with E-state index in [0.717, 1.165) is 5.56 Å². The number of halogens is 1. The highest BCUT2D eigenvalue weighted by Gasteiger charge is 2.39. The maximum absolute atomic E-state index is 13.1. The maximum atomic E-state index is 13.1. The van der Waals surface area contributed by atoms with Crippen molar-refractivity contribution in [2.45, 2.75) is 45.2 Å². The summed E-state index contributed by atoms with van der Waals surface area (Å²) in [5.41, 5.74) is 0.956. The van der Waals surface area contributed by atoms with Gasteiger partial charge in [-0.1, -0.05) is 17.3 Å². The minimum absolute atomic E-state index is 0.0779. The Balaban J connectivity index is 2.43. The largest absolute Gasteiger partial charge is 0.411 e. The summed E-state index contributed by atoms with van der Waals surface area (Å²) in [4.78, 5) is 14.1. The summed E-state index contributed by atoms with van der Waals surface area (Å²) in [6, 6.07) is 5.87. The number of benzene rings is 1. The highest BCUT2D eigenvalue weighted by Crippen LogP contribution is 2.35. The number of hydrogen-bond donors (Lipinski definition) is 1. The minimum atomic E-state index is -0.350. The van der Waals surface area contributed by atoms with E-state index < -0.39 is 0 Å². The van der Waals surface area contributed by atoms with E-state index in [4.69, 9.17) is 5.21 Å². The molecule has 2 rings (SSSR count). The number of nitrogens with zero attached hydrogens (tertiary/aromatic N) is 2. The van der Waals surface area contributed by atoms with Crippen molar-refractivity contribution in [3.8, 4) is 0 Å². The molecule has 0 spiro atoms. The second-order valence-electron chi connectivity index (χ2n) is 6.05. The van der Waals surface area contributed by atoms with Crippen LogP contribution in [0, 0.1) is 5.82 Å². The van der Waals surface area contributed by atoms with Crippen LogP contribution in [0.2, 0.25) is 0 Å². The van der Waals surface area contributed by atoms with Crippen LogP contribution in [-0.4, -0.2) is 27.3 Å². The lowest BCUT2D eigenvalue weighted by atomic mass is 9.89. The molecule has 0 unspecified atom stereocenters. The summed E-state index contributed by atoms with van der Waals surface area (Å²) in [5, 5.41) is 12.2. The van der Waals surface area contributed by atoms with Gasteiger partial charge in [-0.2, -0.15) is 0 Å². The van der Waals surface area contributed by atoms with E-state index in [1.807, 2.05) is 20.8 Å². The molecule has 0 saturated carbocycles. The standard InChI is InChI=1S/C15H19FN2O2/c1-15(2,3)18-13(8-12(17-20)9-14(18)19)10-4-6-11(16)7-5-10/h4-7,13,20H,8-9H2,1-3H3/b17-12-/t13-/m1/s1. The van der Waals surface area contributed by atoms with Gasteiger partial charge in [0, 0.05) is 12.0 Å². The normalized spacial score (nSPS) is 22.4. The van der Waals surface area contributed by atoms with E-state index in [1.165, 1.54) is 12.1 Å². The van der Waals surface area contributed by atoms with E-state index in [-0.39, 0.29) is 29.7 Å². The zero-order valence-electron chi connectivity index (χ0n) is 11.9. The quantitative estimate of drug-likeness (QED) is 0.634. The second-order valence-corrected chi connectivity index (χ2v) is 6.05. The first-order valence-corrected chi connectivity index (χ1v) is 6.60. The molecule has 1 aliphatic heterocycles. The Hall–Kier alpha value is -1.91. The summed E-state index contributed by atoms with van der Waals surface area (Å²) < 4.78 is 13.1. The Morgan fingerprint density at radius 2 is 1.90 bits per heavy atom. The molecule has 1 saturated heterocycles. The lowest BCUT2D eigenvalue weighted by molar-refractivity contribution is -0.139. The van der Waals surface area contributed by atoms with Crippen LogP contribution in [0.25, 0.3) is 0 Å². The first-order valence-electron chi connectivity index (χ1n) is 6.60. The number of likely N-dealkylation sites (tertiary alicyclic amines) is 1. The molecule has 1 aromatic carbocycles. The van der Waals surface area contributed by atoms with Crippen LogP contribution >= 0.6 is 0 Å². The van der Waals surface area contributed by atoms with Crippen molar-refractivity contribution in [1.29, 1.82) is 0 Å². The Morgan fingerprint density at radius 3 is 2.40 bits per heavy atom. The highest BCUT2D eigenvalue weighted by atomic mass is 19.1. The van der Waals surface area contributed by atoms with Crippen molar-refractivity contribution in [1.82, 2.24) is 4.90 Å². The molecule has 108 valence electrons. The van der Waals surface area contributed by atoms with Crippen LogP contribution in [0.4, 0.5) is 4.39 Å². The number of hydrogen-bond acceptors (Lipinski definition) is 3. The fourth-order valence-electron chi connectivity index (χ4n) is 2.69. The molecule has 1 amide bonds. The fraction of sp³-hybridized carbons (Fsp3) is 0.467. The number of rotatable bonds is 1. The van der Waals surface area contributed by atoms with E-state index >= 15 is 0 Å². The molecule has 1 heterocycles. The van der Waals surface area contributed by atoms with Gasteiger partial charge in [0.05, 0.1) is 18.2 Å². The second kappa shape index (κ2) is 5.23. The fourth-order valence-corrected chi connectivity index (χ4v) is 2.69. The predicted octanol–water partition coefficient (Wildman–Crippen LogP) is 3.12. The van der Waals surface area contributed by atoms with Crippen LogP contribution in [0.3, 0.4) is 0 Å². The Morgan fingerprint density at radius 1 is 1.30 bits per heavy atom. The molecule has 20 heavy (non-hydrogen) atoms. The van der Waals surface area contributed by atoms with Crippen molar-refractivity contribution in [2.24, 2.45) is 5.16 Å². The molecule has 0 bridgehead atoms. The maximum Gasteiger partial charge on any atom is 0.229 e. The van der Waals surface area contributed by atoms with Crippen molar-refractivity contribution in [3.63, 3.8) is 0 Å². The molecule has 1 aromatic rings. The van der Waals surface area contributed by atoms with Gasteiger partial charge in [-0.15, -0.1) is 0 Å². The van der Waals surface area contributed by atoms with E-state index in [0.29, 0.717) is 12.1 Å². The van der Waals surface area contributed by atoms with Gasteiger partial charge >= 0.3 is 0 Å². The third kappa shape index (κ3) is 2.81. The molecule has 4 nitrogen and oxygen atoms in total. The molecular formula is C15H19FN2O2. The summed E-state index contributed by atoms with van der Waals surface area (Å²) in [7, 11) is 0. The van der Waals surface area contributed by atoms with Gasteiger partial charge in [0.15, 0.2) is 0 Å². The van der Waals surface area contributed by atoms with Gasteiger partial charge in [-0.05, 0) is 38.5 Å². The average molecular weight is 278 g/mol. The van der Waals surface area contributed by atoms with Crippen LogP contribution < -0.4 is 0 Å². The lowest BCUT2D eigenvalue weighted by Crippen LogP contribution is -2.51. The topological polar surface area (TPSA) is 52.9 Å². The molecule has 1 fully saturated rings. The van der Waals surface area contributed by atoms with Crippen molar-refractivity contribution in [3.05, 3.63) is 35.6 Å². The van der Waals surface area contributed by atoms with Crippen LogP contribution in [0.15, 0.2) is 29.4 Å². The van der Waals surface area contributed by atoms with Crippen molar-refractivity contribution >= 4 is 11.6 Å². The van der Waals surface area contributed by atoms with Gasteiger partial charge in [0.1, 0.15) is 5.82 Å². The highest BCUT2D eigenvalue weighted by molar-refractivity contribution is 6.03. The molecule has 0 aliphatic carbocycles. The van der Waals surface area contributed by atoms with E-state index in [9.17, 15) is 9.18 Å². The van der Waals surface area contributed by atoms with Crippen LogP contribution in [0.1, 0.15) is 45.2 Å². The molecule has 5 heteroatoms. The monoisotopic (exact) mass is 278 g/mol. The van der Waals surface area contributed by atoms with E-state index in [1.54, 1.807) is 17.0 Å². The van der Waals surface area contributed by atoms with Gasteiger partial charge in [-0.3, -0.25) is 4.79 Å². The first kappa shape index (κ1) is 14.5. The Labute approximate surface area is 117 Å². The van der Waals surface area contributed by atoms with Crippen LogP contribution in [0.5, 0.6) is 0 Å². The zero-order valence-corrected chi connectivity index (χ0v) is 11.9. The number of oxime groups is 1. The smallest absolute Gasteiger partial charge is 0.229 e. The minimum Gasteiger partial charge on any atom is -0.411 e. The SMILES string of the molecule is CC(C)(C)N1C(=O)C/C(=N\O)C[C@@H]1c1ccc(F)cc1. The Bertz CT molecular complexity index is 532. The third-order valence-electron chi connectivity index (χ3n) is 3.48. The summed E-state index contributed by atoms with van der Waals surface area (Å²) in [6.07, 6.45) is 0.594. The van der Waals surface area contributed by atoms with Crippen molar-refractivity contribution < 1.29 is 14.4 Å². The third-order valence-corrected chi connectivity index (χ3v) is 3.48. The number of amides is 1. The summed E-state index contributed by atoms with van der Waals surface area (Å²) >= 11 is 0. The average Bonchev–Trinajstić information content (AvgIpc) is 2.37. The lowest BCUT2D eigenvalue weighted by Gasteiger charge is -2.45. The molecule has 1 N–H and O–H groups in total. The van der Waals surface area contributed by atoms with Crippen LogP contribution in [-0.2, 0) is 4.79 Å². The Kier molecular flexibility index (Phi) is 3.79. The van der Waals surface area contributed by atoms with Gasteiger partial charge in [0.2, 0.25) is 5.91 Å². The number of carbonyl (C=O) groups excluding carboxylic acids is 1. The molecular weight excluding hydrogens is 259 g/mol. The molecule has 0 radical (unpaired) electrons. The van der Waals surface area contributed by atoms with Gasteiger partial charge in [-0.25, -0.2) is 4.39 Å². The molecule has 1 aliphatic rings. The predicted molar refractivity (Wildman–Crippen MR) is 74.2 cm³/mol. The van der Waals surface area contributed by atoms with Crippen molar-refractivity contribution in [2.75, 3.05) is 0 Å². The zero-order chi connectivity index (χ0) is 14.9. The summed E-state index contributed by atoms with van der Waals surface area (Å²) in [6.45, 7) is 5.88. The van der Waals surface area contributed by atoms with Gasteiger partial charge in [0.25, 0.3) is 0 Å². The molecule has 0 aromatic heterocycles. The number of piperidine rings is 1. The van der Waals surface area contributed by atoms with Gasteiger partial charge < -0.3 is 10.1 Å². The first-order chi connectivity index (χ1) is 9.32. The molecule has 1 atom stereocenters. The summed E-state index contributed by atoms with van der Waals surface area (Å²) in [5.74, 6) is -0.389.